The zero-order chi connectivity index (χ0) is 20.1. The van der Waals surface area contributed by atoms with Crippen molar-refractivity contribution in [3.63, 3.8) is 0 Å². The van der Waals surface area contributed by atoms with E-state index in [0.29, 0.717) is 13.1 Å². The lowest BCUT2D eigenvalue weighted by molar-refractivity contribution is -0.139. The van der Waals surface area contributed by atoms with E-state index in [0.717, 1.165) is 6.42 Å². The number of carbonyl (C=O) groups excluding carboxylic acids is 3. The standard InChI is InChI=1S/C20H21NO6S/c1-25-16-11-13(20(24)26-2)3-4-15(16)27-19(23)6-5-18(22)21-9-7-17-14(12-21)8-10-28-17/h3-4,8,10-11H,5-7,9,12H2,1-2H3. The minimum absolute atomic E-state index is 0.0340. The van der Waals surface area contributed by atoms with Crippen molar-refractivity contribution in [1.29, 1.82) is 0 Å². The van der Waals surface area contributed by atoms with Gasteiger partial charge in [0.25, 0.3) is 0 Å². The number of carbonyl (C=O) groups is 3. The number of methoxy groups -OCH3 is 2. The fourth-order valence-electron chi connectivity index (χ4n) is 3.00. The molecule has 0 saturated heterocycles. The van der Waals surface area contributed by atoms with E-state index in [1.54, 1.807) is 16.2 Å². The average molecular weight is 403 g/mol. The minimum atomic E-state index is -0.536. The fourth-order valence-corrected chi connectivity index (χ4v) is 3.89. The smallest absolute Gasteiger partial charge is 0.337 e. The van der Waals surface area contributed by atoms with Gasteiger partial charge in [-0.25, -0.2) is 4.79 Å². The molecule has 3 rings (SSSR count). The lowest BCUT2D eigenvalue weighted by Crippen LogP contribution is -2.35. The van der Waals surface area contributed by atoms with E-state index < -0.39 is 11.9 Å². The normalized spacial score (nSPS) is 12.9. The molecule has 0 radical (unpaired) electrons. The van der Waals surface area contributed by atoms with E-state index in [9.17, 15) is 14.4 Å². The first kappa shape index (κ1) is 19.9. The Kier molecular flexibility index (Phi) is 6.30. The highest BCUT2D eigenvalue weighted by atomic mass is 32.1. The number of thiophene rings is 1. The summed E-state index contributed by atoms with van der Waals surface area (Å²) in [6.45, 7) is 1.26. The summed E-state index contributed by atoms with van der Waals surface area (Å²) in [5.74, 6) is -0.693. The predicted molar refractivity (Wildman–Crippen MR) is 103 cm³/mol. The van der Waals surface area contributed by atoms with Gasteiger partial charge in [-0.2, -0.15) is 0 Å². The molecule has 0 atom stereocenters. The van der Waals surface area contributed by atoms with E-state index in [4.69, 9.17) is 9.47 Å². The van der Waals surface area contributed by atoms with Crippen molar-refractivity contribution in [1.82, 2.24) is 4.90 Å². The van der Waals surface area contributed by atoms with E-state index in [-0.39, 0.29) is 35.8 Å². The van der Waals surface area contributed by atoms with Crippen LogP contribution in [0.4, 0.5) is 0 Å². The Balaban J connectivity index is 1.54. The van der Waals surface area contributed by atoms with E-state index in [1.165, 1.54) is 42.9 Å². The minimum Gasteiger partial charge on any atom is -0.493 e. The number of esters is 2. The van der Waals surface area contributed by atoms with Crippen LogP contribution in [0.1, 0.15) is 33.6 Å². The Morgan fingerprint density at radius 1 is 1.11 bits per heavy atom. The first-order valence-corrected chi connectivity index (χ1v) is 9.70. The van der Waals surface area contributed by atoms with Crippen molar-refractivity contribution in [3.8, 4) is 11.5 Å². The van der Waals surface area contributed by atoms with Crippen molar-refractivity contribution in [3.05, 3.63) is 45.6 Å². The number of nitrogens with zero attached hydrogens (tertiary/aromatic N) is 1. The first-order chi connectivity index (χ1) is 13.5. The van der Waals surface area contributed by atoms with Crippen molar-refractivity contribution < 1.29 is 28.6 Å². The maximum atomic E-state index is 12.4. The SMILES string of the molecule is COC(=O)c1ccc(OC(=O)CCC(=O)N2CCc3sccc3C2)c(OC)c1. The lowest BCUT2D eigenvalue weighted by Gasteiger charge is -2.27. The second-order valence-electron chi connectivity index (χ2n) is 6.27. The number of benzene rings is 1. The Morgan fingerprint density at radius 3 is 2.68 bits per heavy atom. The third-order valence-electron chi connectivity index (χ3n) is 4.51. The van der Waals surface area contributed by atoms with Gasteiger partial charge in [0.2, 0.25) is 5.91 Å². The second kappa shape index (κ2) is 8.88. The zero-order valence-electron chi connectivity index (χ0n) is 15.7. The monoisotopic (exact) mass is 403 g/mol. The molecule has 148 valence electrons. The molecule has 2 heterocycles. The number of fused-ring (bicyclic) bond motifs is 1. The van der Waals surface area contributed by atoms with Gasteiger partial charge in [0.15, 0.2) is 11.5 Å². The molecule has 8 heteroatoms. The molecule has 0 fully saturated rings. The van der Waals surface area contributed by atoms with E-state index in [2.05, 4.69) is 4.74 Å². The largest absolute Gasteiger partial charge is 0.493 e. The van der Waals surface area contributed by atoms with Gasteiger partial charge in [-0.05, 0) is 41.6 Å². The maximum Gasteiger partial charge on any atom is 0.337 e. The van der Waals surface area contributed by atoms with Crippen LogP contribution in [-0.4, -0.2) is 43.5 Å². The molecule has 7 nitrogen and oxygen atoms in total. The highest BCUT2D eigenvalue weighted by molar-refractivity contribution is 7.10. The topological polar surface area (TPSA) is 82.1 Å². The van der Waals surface area contributed by atoms with E-state index >= 15 is 0 Å². The van der Waals surface area contributed by atoms with Gasteiger partial charge >= 0.3 is 11.9 Å². The van der Waals surface area contributed by atoms with Crippen LogP contribution in [-0.2, 0) is 27.3 Å². The molecule has 2 aromatic rings. The summed E-state index contributed by atoms with van der Waals surface area (Å²) in [4.78, 5) is 39.2. The van der Waals surface area contributed by atoms with Gasteiger partial charge in [-0.15, -0.1) is 11.3 Å². The van der Waals surface area contributed by atoms with Gasteiger partial charge in [0.1, 0.15) is 0 Å². The van der Waals surface area contributed by atoms with Crippen molar-refractivity contribution >= 4 is 29.2 Å². The van der Waals surface area contributed by atoms with Crippen LogP contribution in [0.2, 0.25) is 0 Å². The van der Waals surface area contributed by atoms with Crippen LogP contribution >= 0.6 is 11.3 Å². The summed E-state index contributed by atoms with van der Waals surface area (Å²) in [5, 5.41) is 2.04. The van der Waals surface area contributed by atoms with Crippen LogP contribution in [0, 0.1) is 0 Å². The number of hydrogen-bond acceptors (Lipinski definition) is 7. The van der Waals surface area contributed by atoms with Crippen molar-refractivity contribution in [2.24, 2.45) is 0 Å². The molecular weight excluding hydrogens is 382 g/mol. The number of rotatable bonds is 6. The van der Waals surface area contributed by atoms with Crippen LogP contribution in [0.5, 0.6) is 11.5 Å². The van der Waals surface area contributed by atoms with E-state index in [1.807, 2.05) is 11.4 Å². The van der Waals surface area contributed by atoms with Crippen molar-refractivity contribution in [2.45, 2.75) is 25.8 Å². The molecule has 28 heavy (non-hydrogen) atoms. The summed E-state index contributed by atoms with van der Waals surface area (Å²) >= 11 is 1.71. The summed E-state index contributed by atoms with van der Waals surface area (Å²) in [6.07, 6.45) is 0.904. The van der Waals surface area contributed by atoms with Crippen LogP contribution in [0.15, 0.2) is 29.6 Å². The maximum absolute atomic E-state index is 12.4. The molecule has 0 aliphatic carbocycles. The summed E-state index contributed by atoms with van der Waals surface area (Å²) in [7, 11) is 2.69. The Morgan fingerprint density at radius 2 is 1.93 bits per heavy atom. The second-order valence-corrected chi connectivity index (χ2v) is 7.27. The predicted octanol–water partition coefficient (Wildman–Crippen LogP) is 2.81. The average Bonchev–Trinajstić information content (AvgIpc) is 3.19. The zero-order valence-corrected chi connectivity index (χ0v) is 16.5. The fraction of sp³-hybridized carbons (Fsp3) is 0.350. The Bertz CT molecular complexity index is 891. The first-order valence-electron chi connectivity index (χ1n) is 8.82. The molecular formula is C20H21NO6S. The third kappa shape index (κ3) is 4.51. The van der Waals surface area contributed by atoms with Gasteiger partial charge in [-0.3, -0.25) is 9.59 Å². The molecule has 0 saturated carbocycles. The van der Waals surface area contributed by atoms with Gasteiger partial charge in [0, 0.05) is 24.4 Å². The lowest BCUT2D eigenvalue weighted by atomic mass is 10.1. The summed E-state index contributed by atoms with van der Waals surface area (Å²) in [6, 6.07) is 6.42. The summed E-state index contributed by atoms with van der Waals surface area (Å²) < 4.78 is 15.1. The third-order valence-corrected chi connectivity index (χ3v) is 5.53. The summed E-state index contributed by atoms with van der Waals surface area (Å²) in [5.41, 5.74) is 1.47. The molecule has 1 aromatic carbocycles. The van der Waals surface area contributed by atoms with Gasteiger partial charge in [-0.1, -0.05) is 0 Å². The van der Waals surface area contributed by atoms with Gasteiger partial charge < -0.3 is 19.1 Å². The molecule has 1 aliphatic rings. The molecule has 1 amide bonds. The molecule has 0 bridgehead atoms. The van der Waals surface area contributed by atoms with Crippen LogP contribution in [0.3, 0.4) is 0 Å². The Hall–Kier alpha value is -2.87. The van der Waals surface area contributed by atoms with Crippen LogP contribution < -0.4 is 9.47 Å². The van der Waals surface area contributed by atoms with Crippen molar-refractivity contribution in [2.75, 3.05) is 20.8 Å². The molecule has 1 aromatic heterocycles. The number of ether oxygens (including phenoxy) is 3. The van der Waals surface area contributed by atoms with Crippen LogP contribution in [0.25, 0.3) is 0 Å². The number of hydrogen-bond donors (Lipinski definition) is 0. The molecule has 0 unspecified atom stereocenters. The highest BCUT2D eigenvalue weighted by Crippen LogP contribution is 2.29. The Labute approximate surface area is 166 Å². The van der Waals surface area contributed by atoms with Gasteiger partial charge in [0.05, 0.1) is 26.2 Å². The molecule has 0 N–H and O–H groups in total. The molecule has 0 spiro atoms. The highest BCUT2D eigenvalue weighted by Gasteiger charge is 2.22. The number of amides is 1. The molecule has 1 aliphatic heterocycles. The quantitative estimate of drug-likeness (QED) is 0.545.